The Bertz CT molecular complexity index is 527. The molecule has 0 aliphatic carbocycles. The van der Waals surface area contributed by atoms with E-state index in [0.717, 1.165) is 43.7 Å². The van der Waals surface area contributed by atoms with E-state index in [1.807, 2.05) is 26.1 Å². The van der Waals surface area contributed by atoms with E-state index in [9.17, 15) is 0 Å². The average molecular weight is 272 g/mol. The van der Waals surface area contributed by atoms with Gasteiger partial charge in [-0.1, -0.05) is 24.3 Å². The Morgan fingerprint density at radius 1 is 1.20 bits per heavy atom. The number of hydrogen-bond acceptors (Lipinski definition) is 3. The Labute approximate surface area is 121 Å². The normalized spacial score (nSPS) is 12.7. The lowest BCUT2D eigenvalue weighted by molar-refractivity contribution is 0.141. The highest BCUT2D eigenvalue weighted by molar-refractivity contribution is 5.78. The molecular weight excluding hydrogens is 248 g/mol. The van der Waals surface area contributed by atoms with Crippen LogP contribution in [0.5, 0.6) is 0 Å². The van der Waals surface area contributed by atoms with Gasteiger partial charge in [0.1, 0.15) is 0 Å². The predicted octanol–water partition coefficient (Wildman–Crippen LogP) is 3.18. The van der Waals surface area contributed by atoms with E-state index in [0.29, 0.717) is 6.04 Å². The molecule has 2 aromatic rings. The maximum Gasteiger partial charge on any atom is 0.0705 e. The van der Waals surface area contributed by atoms with Gasteiger partial charge in [-0.05, 0) is 38.9 Å². The van der Waals surface area contributed by atoms with Crippen LogP contribution in [0.25, 0.3) is 10.9 Å². The van der Waals surface area contributed by atoms with Crippen LogP contribution in [0.2, 0.25) is 0 Å². The molecule has 0 radical (unpaired) electrons. The van der Waals surface area contributed by atoms with Crippen LogP contribution in [0.3, 0.4) is 0 Å². The molecule has 0 fully saturated rings. The van der Waals surface area contributed by atoms with Crippen molar-refractivity contribution in [3.8, 4) is 0 Å². The molecule has 1 aromatic carbocycles. The van der Waals surface area contributed by atoms with Crippen molar-refractivity contribution in [2.75, 3.05) is 20.3 Å². The quantitative estimate of drug-likeness (QED) is 0.749. The summed E-state index contributed by atoms with van der Waals surface area (Å²) in [6.07, 6.45) is 3.17. The molecule has 0 bridgehead atoms. The van der Waals surface area contributed by atoms with Crippen LogP contribution in [0.4, 0.5) is 0 Å². The van der Waals surface area contributed by atoms with Gasteiger partial charge in [-0.3, -0.25) is 4.98 Å². The van der Waals surface area contributed by atoms with Crippen LogP contribution in [-0.2, 0) is 11.2 Å². The largest absolute Gasteiger partial charge is 0.382 e. The summed E-state index contributed by atoms with van der Waals surface area (Å²) in [6, 6.07) is 13.0. The Balaban J connectivity index is 1.94. The first kappa shape index (κ1) is 14.9. The minimum absolute atomic E-state index is 0.462. The summed E-state index contributed by atoms with van der Waals surface area (Å²) in [4.78, 5) is 4.74. The maximum absolute atomic E-state index is 5.39. The number of hydrogen-bond donors (Lipinski definition) is 1. The third-order valence-corrected chi connectivity index (χ3v) is 3.57. The van der Waals surface area contributed by atoms with Crippen molar-refractivity contribution in [1.82, 2.24) is 10.3 Å². The smallest absolute Gasteiger partial charge is 0.0705 e. The van der Waals surface area contributed by atoms with Gasteiger partial charge in [0.2, 0.25) is 0 Å². The van der Waals surface area contributed by atoms with E-state index in [1.165, 1.54) is 5.39 Å². The first-order valence-corrected chi connectivity index (χ1v) is 7.43. The number of rotatable bonds is 8. The van der Waals surface area contributed by atoms with Gasteiger partial charge < -0.3 is 10.1 Å². The van der Waals surface area contributed by atoms with Crippen LogP contribution >= 0.6 is 0 Å². The van der Waals surface area contributed by atoms with Gasteiger partial charge in [-0.2, -0.15) is 0 Å². The van der Waals surface area contributed by atoms with Crippen molar-refractivity contribution < 1.29 is 4.74 Å². The molecule has 0 aliphatic rings. The molecule has 20 heavy (non-hydrogen) atoms. The molecule has 0 amide bonds. The van der Waals surface area contributed by atoms with Gasteiger partial charge in [-0.25, -0.2) is 0 Å². The number of nitrogens with zero attached hydrogens (tertiary/aromatic N) is 1. The molecule has 108 valence electrons. The first-order valence-electron chi connectivity index (χ1n) is 7.43. The molecule has 0 aliphatic heterocycles. The van der Waals surface area contributed by atoms with E-state index in [1.54, 1.807) is 0 Å². The summed E-state index contributed by atoms with van der Waals surface area (Å²) >= 11 is 0. The highest BCUT2D eigenvalue weighted by Crippen LogP contribution is 2.13. The molecule has 1 N–H and O–H groups in total. The summed E-state index contributed by atoms with van der Waals surface area (Å²) in [6.45, 7) is 3.69. The van der Waals surface area contributed by atoms with Crippen molar-refractivity contribution in [3.05, 3.63) is 42.1 Å². The average Bonchev–Trinajstić information content (AvgIpc) is 2.50. The summed E-state index contributed by atoms with van der Waals surface area (Å²) in [7, 11) is 2.02. The number of benzene rings is 1. The van der Waals surface area contributed by atoms with Crippen molar-refractivity contribution >= 4 is 10.9 Å². The maximum atomic E-state index is 5.39. The number of fused-ring (bicyclic) bond motifs is 1. The second-order valence-electron chi connectivity index (χ2n) is 5.02. The van der Waals surface area contributed by atoms with Crippen LogP contribution < -0.4 is 5.32 Å². The monoisotopic (exact) mass is 272 g/mol. The lowest BCUT2D eigenvalue weighted by atomic mass is 10.0. The Morgan fingerprint density at radius 2 is 2.05 bits per heavy atom. The SMILES string of the molecule is CCOCCCC(Cc1ccc2ccccc2n1)NC. The van der Waals surface area contributed by atoms with E-state index in [4.69, 9.17) is 9.72 Å². The molecule has 0 saturated carbocycles. The molecule has 3 heteroatoms. The fourth-order valence-electron chi connectivity index (χ4n) is 2.40. The second-order valence-corrected chi connectivity index (χ2v) is 5.02. The topological polar surface area (TPSA) is 34.1 Å². The Hall–Kier alpha value is -1.45. The Kier molecular flexibility index (Phi) is 5.96. The molecule has 0 spiro atoms. The third-order valence-electron chi connectivity index (χ3n) is 3.57. The van der Waals surface area contributed by atoms with Gasteiger partial charge in [0.25, 0.3) is 0 Å². The number of aromatic nitrogens is 1. The number of likely N-dealkylation sites (N-methyl/N-ethyl adjacent to an activating group) is 1. The van der Waals surface area contributed by atoms with Gasteiger partial charge >= 0.3 is 0 Å². The summed E-state index contributed by atoms with van der Waals surface area (Å²) in [5.41, 5.74) is 2.23. The van der Waals surface area contributed by atoms with Gasteiger partial charge in [0, 0.05) is 36.8 Å². The second kappa shape index (κ2) is 7.98. The zero-order valence-electron chi connectivity index (χ0n) is 12.4. The van der Waals surface area contributed by atoms with Gasteiger partial charge in [-0.15, -0.1) is 0 Å². The molecule has 1 heterocycles. The molecule has 1 unspecified atom stereocenters. The predicted molar refractivity (Wildman–Crippen MR) is 84.0 cm³/mol. The standard InChI is InChI=1S/C17H24N2O/c1-3-20-12-6-8-15(18-2)13-16-11-10-14-7-4-5-9-17(14)19-16/h4-5,7,9-11,15,18H,3,6,8,12-13H2,1-2H3. The summed E-state index contributed by atoms with van der Waals surface area (Å²) in [5, 5.41) is 4.58. The molecule has 1 aromatic heterocycles. The number of para-hydroxylation sites is 1. The van der Waals surface area contributed by atoms with Crippen LogP contribution in [0.15, 0.2) is 36.4 Å². The molecule has 0 saturated heterocycles. The molecule has 1 atom stereocenters. The fraction of sp³-hybridized carbons (Fsp3) is 0.471. The van der Waals surface area contributed by atoms with Crippen molar-refractivity contribution in [2.24, 2.45) is 0 Å². The van der Waals surface area contributed by atoms with E-state index < -0.39 is 0 Å². The summed E-state index contributed by atoms with van der Waals surface area (Å²) in [5.74, 6) is 0. The third kappa shape index (κ3) is 4.29. The van der Waals surface area contributed by atoms with Crippen LogP contribution in [-0.4, -0.2) is 31.3 Å². The lowest BCUT2D eigenvalue weighted by Crippen LogP contribution is -2.28. The zero-order valence-corrected chi connectivity index (χ0v) is 12.4. The molecular formula is C17H24N2O. The van der Waals surface area contributed by atoms with Crippen molar-refractivity contribution in [3.63, 3.8) is 0 Å². The lowest BCUT2D eigenvalue weighted by Gasteiger charge is -2.16. The van der Waals surface area contributed by atoms with Crippen molar-refractivity contribution in [1.29, 1.82) is 0 Å². The van der Waals surface area contributed by atoms with Gasteiger partial charge in [0.05, 0.1) is 5.52 Å². The molecule has 2 rings (SSSR count). The number of pyridine rings is 1. The Morgan fingerprint density at radius 3 is 2.85 bits per heavy atom. The van der Waals surface area contributed by atoms with E-state index in [2.05, 4.69) is 29.6 Å². The van der Waals surface area contributed by atoms with Gasteiger partial charge in [0.15, 0.2) is 0 Å². The highest BCUT2D eigenvalue weighted by atomic mass is 16.5. The minimum Gasteiger partial charge on any atom is -0.382 e. The van der Waals surface area contributed by atoms with E-state index >= 15 is 0 Å². The van der Waals surface area contributed by atoms with E-state index in [-0.39, 0.29) is 0 Å². The number of nitrogens with one attached hydrogen (secondary N) is 1. The highest BCUT2D eigenvalue weighted by Gasteiger charge is 2.08. The molecule has 3 nitrogen and oxygen atoms in total. The zero-order chi connectivity index (χ0) is 14.2. The number of ether oxygens (including phenoxy) is 1. The van der Waals surface area contributed by atoms with Crippen LogP contribution in [0, 0.1) is 0 Å². The first-order chi connectivity index (χ1) is 9.83. The minimum atomic E-state index is 0.462. The fourth-order valence-corrected chi connectivity index (χ4v) is 2.40. The van der Waals surface area contributed by atoms with Crippen molar-refractivity contribution in [2.45, 2.75) is 32.2 Å². The summed E-state index contributed by atoms with van der Waals surface area (Å²) < 4.78 is 5.39. The van der Waals surface area contributed by atoms with Crippen LogP contribution in [0.1, 0.15) is 25.5 Å².